The molecule has 100 valence electrons. The topological polar surface area (TPSA) is 21.3 Å². The van der Waals surface area contributed by atoms with Gasteiger partial charge in [0.25, 0.3) is 0 Å². The van der Waals surface area contributed by atoms with Gasteiger partial charge in [-0.3, -0.25) is 0 Å². The number of alkyl halides is 3. The highest BCUT2D eigenvalue weighted by molar-refractivity contribution is 5.26. The van der Waals surface area contributed by atoms with Crippen molar-refractivity contribution >= 4 is 0 Å². The van der Waals surface area contributed by atoms with E-state index in [1.165, 1.54) is 0 Å². The molecule has 1 unspecified atom stereocenters. The molecule has 1 saturated heterocycles. The van der Waals surface area contributed by atoms with Gasteiger partial charge < -0.3 is 10.1 Å². The monoisotopic (exact) mass is 267 g/mol. The average molecular weight is 267 g/mol. The summed E-state index contributed by atoms with van der Waals surface area (Å²) in [4.78, 5) is 0. The third kappa shape index (κ3) is 2.27. The van der Waals surface area contributed by atoms with Crippen LogP contribution >= 0.6 is 0 Å². The molecule has 1 aromatic rings. The van der Waals surface area contributed by atoms with Crippen molar-refractivity contribution < 1.29 is 26.7 Å². The molecule has 0 spiro atoms. The van der Waals surface area contributed by atoms with Crippen molar-refractivity contribution in [1.29, 1.82) is 0 Å². The molecule has 7 heteroatoms. The largest absolute Gasteiger partial charge is 0.473 e. The van der Waals surface area contributed by atoms with Crippen LogP contribution < -0.4 is 10.1 Å². The molecule has 0 amide bonds. The van der Waals surface area contributed by atoms with Gasteiger partial charge in [0.05, 0.1) is 0 Å². The predicted molar refractivity (Wildman–Crippen MR) is 53.3 cm³/mol. The van der Waals surface area contributed by atoms with Crippen LogP contribution in [0.2, 0.25) is 0 Å². The van der Waals surface area contributed by atoms with Gasteiger partial charge in [0.15, 0.2) is 11.6 Å². The van der Waals surface area contributed by atoms with E-state index in [-0.39, 0.29) is 13.0 Å². The van der Waals surface area contributed by atoms with Crippen molar-refractivity contribution in [2.24, 2.45) is 0 Å². The lowest BCUT2D eigenvalue weighted by Gasteiger charge is -2.31. The first-order valence-electron chi connectivity index (χ1n) is 5.26. The second-order valence-corrected chi connectivity index (χ2v) is 4.10. The van der Waals surface area contributed by atoms with Crippen LogP contribution in [0.4, 0.5) is 22.0 Å². The molecule has 1 aliphatic heterocycles. The quantitative estimate of drug-likeness (QED) is 0.832. The number of nitrogens with one attached hydrogen (secondary N) is 1. The fourth-order valence-electron chi connectivity index (χ4n) is 1.82. The third-order valence-corrected chi connectivity index (χ3v) is 2.83. The molecule has 1 aromatic carbocycles. The lowest BCUT2D eigenvalue weighted by atomic mass is 10.0. The Kier molecular flexibility index (Phi) is 3.18. The van der Waals surface area contributed by atoms with Crippen molar-refractivity contribution in [3.05, 3.63) is 29.8 Å². The van der Waals surface area contributed by atoms with Gasteiger partial charge in [0.2, 0.25) is 5.60 Å². The molecule has 0 radical (unpaired) electrons. The summed E-state index contributed by atoms with van der Waals surface area (Å²) >= 11 is 0. The van der Waals surface area contributed by atoms with E-state index in [0.29, 0.717) is 6.07 Å². The number of halogens is 5. The van der Waals surface area contributed by atoms with E-state index in [0.717, 1.165) is 12.1 Å². The highest BCUT2D eigenvalue weighted by atomic mass is 19.4. The molecule has 0 aromatic heterocycles. The lowest BCUT2D eigenvalue weighted by Crippen LogP contribution is -2.52. The van der Waals surface area contributed by atoms with E-state index in [2.05, 4.69) is 5.32 Å². The maximum atomic E-state index is 13.3. The minimum atomic E-state index is -4.66. The Bertz CT molecular complexity index is 440. The molecule has 1 aliphatic rings. The smallest absolute Gasteiger partial charge is 0.429 e. The van der Waals surface area contributed by atoms with Gasteiger partial charge >= 0.3 is 6.18 Å². The number of rotatable bonds is 2. The highest BCUT2D eigenvalue weighted by Crippen LogP contribution is 2.39. The van der Waals surface area contributed by atoms with Crippen LogP contribution in [-0.4, -0.2) is 24.9 Å². The van der Waals surface area contributed by atoms with Gasteiger partial charge in [-0.2, -0.15) is 13.2 Å². The summed E-state index contributed by atoms with van der Waals surface area (Å²) in [5.41, 5.74) is -2.50. The molecule has 2 rings (SSSR count). The van der Waals surface area contributed by atoms with Gasteiger partial charge in [-0.15, -0.1) is 0 Å². The van der Waals surface area contributed by atoms with E-state index in [4.69, 9.17) is 4.74 Å². The van der Waals surface area contributed by atoms with Crippen LogP contribution in [0.15, 0.2) is 18.2 Å². The maximum absolute atomic E-state index is 13.3. The first-order chi connectivity index (χ1) is 8.34. The zero-order chi connectivity index (χ0) is 13.4. The summed E-state index contributed by atoms with van der Waals surface area (Å²) in [5.74, 6) is -2.60. The van der Waals surface area contributed by atoms with E-state index in [9.17, 15) is 22.0 Å². The molecule has 0 saturated carbocycles. The van der Waals surface area contributed by atoms with Crippen molar-refractivity contribution in [1.82, 2.24) is 5.32 Å². The summed E-state index contributed by atoms with van der Waals surface area (Å²) in [5, 5.41) is 2.51. The van der Waals surface area contributed by atoms with Gasteiger partial charge in [0, 0.05) is 19.0 Å². The second-order valence-electron chi connectivity index (χ2n) is 4.10. The minimum absolute atomic E-state index is 0.108. The maximum Gasteiger partial charge on any atom is 0.429 e. The molecular formula is C11H10F5NO. The fourth-order valence-corrected chi connectivity index (χ4v) is 1.82. The van der Waals surface area contributed by atoms with E-state index in [1.54, 1.807) is 0 Å². The Morgan fingerprint density at radius 3 is 2.50 bits per heavy atom. The second kappa shape index (κ2) is 4.38. The molecule has 1 N–H and O–H groups in total. The van der Waals surface area contributed by atoms with Gasteiger partial charge in [-0.25, -0.2) is 8.78 Å². The molecule has 1 heterocycles. The molecular weight excluding hydrogens is 257 g/mol. The molecule has 0 bridgehead atoms. The van der Waals surface area contributed by atoms with E-state index >= 15 is 0 Å². The van der Waals surface area contributed by atoms with E-state index < -0.39 is 35.7 Å². The Hall–Kier alpha value is -1.37. The van der Waals surface area contributed by atoms with Crippen molar-refractivity contribution in [3.63, 3.8) is 0 Å². The molecule has 2 nitrogen and oxygen atoms in total. The SMILES string of the molecule is Fc1ccc(F)c(OC2(C(F)(F)F)CCNC2)c1. The summed E-state index contributed by atoms with van der Waals surface area (Å²) in [6.07, 6.45) is -5.00. The lowest BCUT2D eigenvalue weighted by molar-refractivity contribution is -0.241. The molecule has 18 heavy (non-hydrogen) atoms. The Morgan fingerprint density at radius 1 is 1.22 bits per heavy atom. The third-order valence-electron chi connectivity index (χ3n) is 2.83. The zero-order valence-corrected chi connectivity index (χ0v) is 9.15. The normalized spacial score (nSPS) is 24.3. The van der Waals surface area contributed by atoms with Gasteiger partial charge in [-0.05, 0) is 18.7 Å². The Balaban J connectivity index is 2.32. The van der Waals surface area contributed by atoms with Crippen LogP contribution in [0.1, 0.15) is 6.42 Å². The van der Waals surface area contributed by atoms with E-state index in [1.807, 2.05) is 0 Å². The number of ether oxygens (including phenoxy) is 1. The van der Waals surface area contributed by atoms with Crippen molar-refractivity contribution in [2.75, 3.05) is 13.1 Å². The van der Waals surface area contributed by atoms with Crippen LogP contribution in [0.25, 0.3) is 0 Å². The average Bonchev–Trinajstić information content (AvgIpc) is 2.72. The zero-order valence-electron chi connectivity index (χ0n) is 9.15. The van der Waals surface area contributed by atoms with Crippen LogP contribution in [0.5, 0.6) is 5.75 Å². The van der Waals surface area contributed by atoms with Gasteiger partial charge in [-0.1, -0.05) is 0 Å². The molecule has 1 atom stereocenters. The number of hydrogen-bond acceptors (Lipinski definition) is 2. The molecule has 0 aliphatic carbocycles. The molecule has 1 fully saturated rings. The summed E-state index contributed by atoms with van der Waals surface area (Å²) in [7, 11) is 0. The fraction of sp³-hybridized carbons (Fsp3) is 0.455. The summed E-state index contributed by atoms with van der Waals surface area (Å²) < 4.78 is 69.8. The Morgan fingerprint density at radius 2 is 1.94 bits per heavy atom. The predicted octanol–water partition coefficient (Wildman–Crippen LogP) is 2.64. The first kappa shape index (κ1) is 13.1. The number of hydrogen-bond donors (Lipinski definition) is 1. The highest BCUT2D eigenvalue weighted by Gasteiger charge is 2.59. The first-order valence-corrected chi connectivity index (χ1v) is 5.26. The van der Waals surface area contributed by atoms with Crippen molar-refractivity contribution in [2.45, 2.75) is 18.2 Å². The van der Waals surface area contributed by atoms with Crippen molar-refractivity contribution in [3.8, 4) is 5.75 Å². The van der Waals surface area contributed by atoms with Crippen LogP contribution in [-0.2, 0) is 0 Å². The standard InChI is InChI=1S/C11H10F5NO/c12-7-1-2-8(13)9(5-7)18-10(11(14,15)16)3-4-17-6-10/h1-2,5,17H,3-4,6H2. The summed E-state index contributed by atoms with van der Waals surface area (Å²) in [6.45, 7) is -0.372. The minimum Gasteiger partial charge on any atom is -0.473 e. The van der Waals surface area contributed by atoms with Crippen LogP contribution in [0.3, 0.4) is 0 Å². The van der Waals surface area contributed by atoms with Gasteiger partial charge in [0.1, 0.15) is 5.82 Å². The van der Waals surface area contributed by atoms with Crippen LogP contribution in [0, 0.1) is 11.6 Å². The summed E-state index contributed by atoms with van der Waals surface area (Å²) in [6, 6.07) is 2.16. The Labute approximate surface area is 99.7 Å². The number of benzene rings is 1.